The Kier molecular flexibility index (Phi) is 1.55. The maximum atomic E-state index is 5.71. The second kappa shape index (κ2) is 2.55. The van der Waals surface area contributed by atoms with E-state index in [2.05, 4.69) is 23.5 Å². The molecule has 0 aromatic rings. The van der Waals surface area contributed by atoms with Crippen molar-refractivity contribution < 1.29 is 0 Å². The zero-order valence-electron chi connectivity index (χ0n) is 6.38. The first-order chi connectivity index (χ1) is 5.36. The largest absolute Gasteiger partial charge is 0.384 e. The van der Waals surface area contributed by atoms with Gasteiger partial charge < -0.3 is 11.1 Å². The Bertz CT molecular complexity index is 248. The van der Waals surface area contributed by atoms with Crippen molar-refractivity contribution >= 4 is 0 Å². The van der Waals surface area contributed by atoms with E-state index in [-0.39, 0.29) is 6.04 Å². The molecule has 0 aromatic heterocycles. The number of nitrogens with one attached hydrogen (secondary N) is 1. The SMILES string of the molecule is NC1C=CC2=CCCNC2=C1. The van der Waals surface area contributed by atoms with Crippen molar-refractivity contribution in [3.63, 3.8) is 0 Å². The highest BCUT2D eigenvalue weighted by molar-refractivity contribution is 5.45. The van der Waals surface area contributed by atoms with Crippen molar-refractivity contribution in [2.24, 2.45) is 5.73 Å². The minimum Gasteiger partial charge on any atom is -0.384 e. The van der Waals surface area contributed by atoms with Gasteiger partial charge in [-0.25, -0.2) is 0 Å². The predicted octanol–water partition coefficient (Wildman–Crippen LogP) is 0.687. The molecule has 2 aliphatic rings. The lowest BCUT2D eigenvalue weighted by Gasteiger charge is -2.21. The van der Waals surface area contributed by atoms with Crippen LogP contribution < -0.4 is 11.1 Å². The molecule has 1 atom stereocenters. The quantitative estimate of drug-likeness (QED) is 0.530. The van der Waals surface area contributed by atoms with Gasteiger partial charge in [-0.3, -0.25) is 0 Å². The first-order valence-corrected chi connectivity index (χ1v) is 3.96. The van der Waals surface area contributed by atoms with Crippen LogP contribution in [0.2, 0.25) is 0 Å². The molecule has 0 bridgehead atoms. The standard InChI is InChI=1S/C9H12N2/c10-8-4-3-7-2-1-5-11-9(7)6-8/h2-4,6,8,11H,1,5,10H2. The van der Waals surface area contributed by atoms with Crippen molar-refractivity contribution in [1.82, 2.24) is 5.32 Å². The Balaban J connectivity index is 2.31. The summed E-state index contributed by atoms with van der Waals surface area (Å²) in [5.41, 5.74) is 8.20. The highest BCUT2D eigenvalue weighted by Gasteiger charge is 2.11. The van der Waals surface area contributed by atoms with Crippen LogP contribution in [0.5, 0.6) is 0 Å². The van der Waals surface area contributed by atoms with Gasteiger partial charge in [0.25, 0.3) is 0 Å². The molecule has 0 radical (unpaired) electrons. The summed E-state index contributed by atoms with van der Waals surface area (Å²) in [4.78, 5) is 0. The second-order valence-corrected chi connectivity index (χ2v) is 2.89. The van der Waals surface area contributed by atoms with Gasteiger partial charge >= 0.3 is 0 Å². The average Bonchev–Trinajstić information content (AvgIpc) is 2.04. The number of hydrogen-bond donors (Lipinski definition) is 2. The minimum atomic E-state index is 0.0905. The fourth-order valence-corrected chi connectivity index (χ4v) is 1.42. The van der Waals surface area contributed by atoms with E-state index in [9.17, 15) is 0 Å². The molecule has 1 unspecified atom stereocenters. The third-order valence-corrected chi connectivity index (χ3v) is 1.99. The summed E-state index contributed by atoms with van der Waals surface area (Å²) in [7, 11) is 0. The average molecular weight is 148 g/mol. The van der Waals surface area contributed by atoms with Gasteiger partial charge in [-0.05, 0) is 18.1 Å². The van der Waals surface area contributed by atoms with Crippen LogP contribution in [0, 0.1) is 0 Å². The summed E-state index contributed by atoms with van der Waals surface area (Å²) in [6.07, 6.45) is 9.52. The van der Waals surface area contributed by atoms with E-state index in [0.717, 1.165) is 13.0 Å². The lowest BCUT2D eigenvalue weighted by molar-refractivity contribution is 0.767. The third kappa shape index (κ3) is 1.21. The molecule has 0 saturated heterocycles. The summed E-state index contributed by atoms with van der Waals surface area (Å²) in [6, 6.07) is 0.0905. The fraction of sp³-hybridized carbons (Fsp3) is 0.333. The number of hydrogen-bond acceptors (Lipinski definition) is 2. The van der Waals surface area contributed by atoms with Crippen LogP contribution in [0.3, 0.4) is 0 Å². The molecular formula is C9H12N2. The maximum Gasteiger partial charge on any atom is 0.0436 e. The Labute approximate surface area is 66.5 Å². The Hall–Kier alpha value is -1.02. The maximum absolute atomic E-state index is 5.71. The molecule has 1 aliphatic heterocycles. The normalized spacial score (nSPS) is 28.3. The first kappa shape index (κ1) is 6.68. The van der Waals surface area contributed by atoms with Crippen LogP contribution in [0.25, 0.3) is 0 Å². The van der Waals surface area contributed by atoms with Gasteiger partial charge in [0.05, 0.1) is 0 Å². The molecule has 0 aromatic carbocycles. The Morgan fingerprint density at radius 3 is 3.36 bits per heavy atom. The number of fused-ring (bicyclic) bond motifs is 1. The van der Waals surface area contributed by atoms with Crippen molar-refractivity contribution in [3.05, 3.63) is 35.6 Å². The molecule has 0 saturated carbocycles. The number of rotatable bonds is 0. The molecule has 0 spiro atoms. The summed E-state index contributed by atoms with van der Waals surface area (Å²) >= 11 is 0. The highest BCUT2D eigenvalue weighted by atomic mass is 14.9. The molecule has 0 fully saturated rings. The van der Waals surface area contributed by atoms with Crippen LogP contribution >= 0.6 is 0 Å². The molecule has 0 amide bonds. The molecule has 3 N–H and O–H groups in total. The van der Waals surface area contributed by atoms with Gasteiger partial charge in [0.15, 0.2) is 0 Å². The zero-order valence-corrected chi connectivity index (χ0v) is 6.38. The fourth-order valence-electron chi connectivity index (χ4n) is 1.42. The van der Waals surface area contributed by atoms with Gasteiger partial charge in [0.2, 0.25) is 0 Å². The van der Waals surface area contributed by atoms with E-state index in [4.69, 9.17) is 5.73 Å². The monoisotopic (exact) mass is 148 g/mol. The summed E-state index contributed by atoms with van der Waals surface area (Å²) in [6.45, 7) is 1.04. The first-order valence-electron chi connectivity index (χ1n) is 3.96. The minimum absolute atomic E-state index is 0.0905. The van der Waals surface area contributed by atoms with E-state index in [1.54, 1.807) is 0 Å². The lowest BCUT2D eigenvalue weighted by atomic mass is 9.99. The van der Waals surface area contributed by atoms with E-state index in [1.807, 2.05) is 6.08 Å². The van der Waals surface area contributed by atoms with E-state index in [0.29, 0.717) is 0 Å². The van der Waals surface area contributed by atoms with Crippen LogP contribution in [-0.2, 0) is 0 Å². The van der Waals surface area contributed by atoms with Gasteiger partial charge in [-0.1, -0.05) is 18.2 Å². The molecule has 11 heavy (non-hydrogen) atoms. The van der Waals surface area contributed by atoms with Gasteiger partial charge in [0.1, 0.15) is 0 Å². The molecule has 1 aliphatic carbocycles. The van der Waals surface area contributed by atoms with E-state index >= 15 is 0 Å². The predicted molar refractivity (Wildman–Crippen MR) is 45.9 cm³/mol. The van der Waals surface area contributed by atoms with Crippen molar-refractivity contribution in [2.75, 3.05) is 6.54 Å². The number of nitrogens with two attached hydrogens (primary N) is 1. The van der Waals surface area contributed by atoms with Gasteiger partial charge in [0, 0.05) is 18.3 Å². The molecule has 1 heterocycles. The molecule has 58 valence electrons. The van der Waals surface area contributed by atoms with E-state index in [1.165, 1.54) is 11.3 Å². The Morgan fingerprint density at radius 2 is 2.45 bits per heavy atom. The summed E-state index contributed by atoms with van der Waals surface area (Å²) < 4.78 is 0. The number of allylic oxidation sites excluding steroid dienone is 1. The summed E-state index contributed by atoms with van der Waals surface area (Å²) in [5.74, 6) is 0. The van der Waals surface area contributed by atoms with Crippen LogP contribution in [0.15, 0.2) is 35.6 Å². The highest BCUT2D eigenvalue weighted by Crippen LogP contribution is 2.18. The zero-order chi connectivity index (χ0) is 7.68. The summed E-state index contributed by atoms with van der Waals surface area (Å²) in [5, 5.41) is 3.31. The topological polar surface area (TPSA) is 38.0 Å². The molecular weight excluding hydrogens is 136 g/mol. The van der Waals surface area contributed by atoms with Crippen molar-refractivity contribution in [2.45, 2.75) is 12.5 Å². The van der Waals surface area contributed by atoms with Crippen molar-refractivity contribution in [1.29, 1.82) is 0 Å². The third-order valence-electron chi connectivity index (χ3n) is 1.99. The van der Waals surface area contributed by atoms with Gasteiger partial charge in [-0.15, -0.1) is 0 Å². The van der Waals surface area contributed by atoms with E-state index < -0.39 is 0 Å². The smallest absolute Gasteiger partial charge is 0.0436 e. The molecule has 2 heteroatoms. The van der Waals surface area contributed by atoms with Crippen molar-refractivity contribution in [3.8, 4) is 0 Å². The van der Waals surface area contributed by atoms with Crippen LogP contribution in [0.1, 0.15) is 6.42 Å². The van der Waals surface area contributed by atoms with Gasteiger partial charge in [-0.2, -0.15) is 0 Å². The second-order valence-electron chi connectivity index (χ2n) is 2.89. The molecule has 2 rings (SSSR count). The Morgan fingerprint density at radius 1 is 1.55 bits per heavy atom. The lowest BCUT2D eigenvalue weighted by Crippen LogP contribution is -2.26. The molecule has 2 nitrogen and oxygen atoms in total. The van der Waals surface area contributed by atoms with Crippen LogP contribution in [-0.4, -0.2) is 12.6 Å². The van der Waals surface area contributed by atoms with Crippen LogP contribution in [0.4, 0.5) is 0 Å².